The van der Waals surface area contributed by atoms with Crippen LogP contribution in [0.4, 0.5) is 0 Å². The van der Waals surface area contributed by atoms with Gasteiger partial charge >= 0.3 is 0 Å². The Labute approximate surface area is 64.8 Å². The Bertz CT molecular complexity index is 134. The van der Waals surface area contributed by atoms with E-state index in [9.17, 15) is 0 Å². The fourth-order valence-corrected chi connectivity index (χ4v) is 0.483. The van der Waals surface area contributed by atoms with E-state index in [1.165, 1.54) is 5.56 Å². The first-order valence-corrected chi connectivity index (χ1v) is 2.32. The van der Waals surface area contributed by atoms with Crippen molar-refractivity contribution in [1.29, 1.82) is 0 Å². The minimum atomic E-state index is 0. The summed E-state index contributed by atoms with van der Waals surface area (Å²) in [7, 11) is 0. The van der Waals surface area contributed by atoms with Crippen LogP contribution in [0, 0.1) is 13.0 Å². The zero-order chi connectivity index (χ0) is 5.11. The maximum atomic E-state index is 2.96. The van der Waals surface area contributed by atoms with Crippen LogP contribution in [-0.2, 0) is 21.7 Å². The van der Waals surface area contributed by atoms with E-state index in [1.54, 1.807) is 0 Å². The standard InChI is InChI=1S/C7H7.Ti/c1-7-5-3-2-4-6-7;/h2-3,5-6H,1H3;/q-1;. The van der Waals surface area contributed by atoms with Gasteiger partial charge in [-0.3, -0.25) is 0 Å². The molecule has 0 nitrogen and oxygen atoms in total. The Morgan fingerprint density at radius 2 is 2.25 bits per heavy atom. The molecule has 0 spiro atoms. The molecule has 0 saturated heterocycles. The first kappa shape index (κ1) is 7.93. The average molecular weight is 139 g/mol. The predicted octanol–water partition coefficient (Wildman–Crippen LogP) is 1.79. The minimum Gasteiger partial charge on any atom is -0.184 e. The van der Waals surface area contributed by atoms with Gasteiger partial charge in [0, 0.05) is 21.7 Å². The summed E-state index contributed by atoms with van der Waals surface area (Å²) in [4.78, 5) is 0. The van der Waals surface area contributed by atoms with Crippen LogP contribution in [0.3, 0.4) is 0 Å². The summed E-state index contributed by atoms with van der Waals surface area (Å²) in [5.74, 6) is 0. The minimum absolute atomic E-state index is 0. The zero-order valence-electron chi connectivity index (χ0n) is 4.81. The molecule has 40 valence electrons. The van der Waals surface area contributed by atoms with Crippen molar-refractivity contribution in [2.24, 2.45) is 0 Å². The maximum absolute atomic E-state index is 2.96. The van der Waals surface area contributed by atoms with Crippen LogP contribution >= 0.6 is 0 Å². The molecule has 0 heterocycles. The molecule has 1 rings (SSSR count). The molecule has 0 unspecified atom stereocenters. The molecule has 0 radical (unpaired) electrons. The summed E-state index contributed by atoms with van der Waals surface area (Å²) >= 11 is 0. The monoisotopic (exact) mass is 139 g/mol. The number of rotatable bonds is 0. The van der Waals surface area contributed by atoms with Crippen LogP contribution in [0.5, 0.6) is 0 Å². The van der Waals surface area contributed by atoms with Gasteiger partial charge in [-0.2, -0.15) is 35.9 Å². The third kappa shape index (κ3) is 2.30. The fraction of sp³-hybridized carbons (Fsp3) is 0.143. The van der Waals surface area contributed by atoms with E-state index in [0.29, 0.717) is 0 Å². The van der Waals surface area contributed by atoms with Crippen molar-refractivity contribution in [3.8, 4) is 0 Å². The predicted molar refractivity (Wildman–Crippen MR) is 30.0 cm³/mol. The quantitative estimate of drug-likeness (QED) is 0.379. The van der Waals surface area contributed by atoms with Crippen molar-refractivity contribution < 1.29 is 21.7 Å². The number of aryl methyl sites for hydroxylation is 1. The van der Waals surface area contributed by atoms with Crippen molar-refractivity contribution in [3.05, 3.63) is 35.9 Å². The smallest absolute Gasteiger partial charge is 0 e. The third-order valence-electron chi connectivity index (χ3n) is 0.863. The molecule has 0 aliphatic rings. The molecule has 1 aromatic rings. The van der Waals surface area contributed by atoms with Gasteiger partial charge in [0.15, 0.2) is 0 Å². The Hall–Kier alpha value is -0.0657. The molecule has 0 bridgehead atoms. The largest absolute Gasteiger partial charge is 0.184 e. The summed E-state index contributed by atoms with van der Waals surface area (Å²) in [6, 6.07) is 10.8. The molecule has 0 amide bonds. The normalized spacial score (nSPS) is 7.62. The summed E-state index contributed by atoms with van der Waals surface area (Å²) in [6.45, 7) is 2.05. The Kier molecular flexibility index (Phi) is 3.85. The van der Waals surface area contributed by atoms with Crippen molar-refractivity contribution >= 4 is 0 Å². The van der Waals surface area contributed by atoms with Gasteiger partial charge in [-0.05, 0) is 0 Å². The third-order valence-corrected chi connectivity index (χ3v) is 0.863. The van der Waals surface area contributed by atoms with E-state index >= 15 is 0 Å². The van der Waals surface area contributed by atoms with Gasteiger partial charge in [0.1, 0.15) is 0 Å². The Morgan fingerprint density at radius 3 is 2.50 bits per heavy atom. The van der Waals surface area contributed by atoms with Crippen molar-refractivity contribution in [2.45, 2.75) is 6.92 Å². The molecule has 0 saturated carbocycles. The van der Waals surface area contributed by atoms with Gasteiger partial charge in [0.2, 0.25) is 0 Å². The fourth-order valence-electron chi connectivity index (χ4n) is 0.483. The molecular weight excluding hydrogens is 132 g/mol. The molecule has 1 aromatic carbocycles. The first-order chi connectivity index (χ1) is 3.39. The Morgan fingerprint density at radius 1 is 1.50 bits per heavy atom. The first-order valence-electron chi connectivity index (χ1n) is 2.32. The van der Waals surface area contributed by atoms with E-state index < -0.39 is 0 Å². The van der Waals surface area contributed by atoms with Gasteiger partial charge in [-0.1, -0.05) is 6.92 Å². The van der Waals surface area contributed by atoms with Crippen molar-refractivity contribution in [2.75, 3.05) is 0 Å². The second-order valence-corrected chi connectivity index (χ2v) is 1.58. The molecular formula is C7H7Ti-. The van der Waals surface area contributed by atoms with Crippen LogP contribution in [-0.4, -0.2) is 0 Å². The summed E-state index contributed by atoms with van der Waals surface area (Å²) in [5.41, 5.74) is 1.27. The second-order valence-electron chi connectivity index (χ2n) is 1.58. The summed E-state index contributed by atoms with van der Waals surface area (Å²) in [6.07, 6.45) is 0. The van der Waals surface area contributed by atoms with Gasteiger partial charge in [-0.25, -0.2) is 0 Å². The number of hydrogen-bond acceptors (Lipinski definition) is 0. The zero-order valence-corrected chi connectivity index (χ0v) is 6.37. The summed E-state index contributed by atoms with van der Waals surface area (Å²) < 4.78 is 0. The number of hydrogen-bond donors (Lipinski definition) is 0. The molecule has 0 aliphatic carbocycles. The van der Waals surface area contributed by atoms with E-state index in [1.807, 2.05) is 18.2 Å². The summed E-state index contributed by atoms with van der Waals surface area (Å²) in [5, 5.41) is 0. The SMILES string of the molecule is Cc1c[c-]ccc1.[Ti]. The molecule has 0 fully saturated rings. The van der Waals surface area contributed by atoms with E-state index in [2.05, 4.69) is 19.1 Å². The van der Waals surface area contributed by atoms with Crippen LogP contribution in [0.1, 0.15) is 5.56 Å². The van der Waals surface area contributed by atoms with Gasteiger partial charge in [-0.15, -0.1) is 0 Å². The molecule has 0 aromatic heterocycles. The van der Waals surface area contributed by atoms with Crippen LogP contribution in [0.25, 0.3) is 0 Å². The van der Waals surface area contributed by atoms with Crippen molar-refractivity contribution in [1.82, 2.24) is 0 Å². The van der Waals surface area contributed by atoms with Crippen molar-refractivity contribution in [3.63, 3.8) is 0 Å². The van der Waals surface area contributed by atoms with Crippen LogP contribution < -0.4 is 0 Å². The van der Waals surface area contributed by atoms with Crippen LogP contribution in [0.15, 0.2) is 24.3 Å². The maximum Gasteiger partial charge on any atom is 0 e. The van der Waals surface area contributed by atoms with E-state index in [0.717, 1.165) is 0 Å². The Balaban J connectivity index is 0.000000490. The molecule has 0 N–H and O–H groups in total. The molecule has 1 heteroatoms. The van der Waals surface area contributed by atoms with Gasteiger partial charge in [0.25, 0.3) is 0 Å². The van der Waals surface area contributed by atoms with E-state index in [4.69, 9.17) is 0 Å². The average Bonchev–Trinajstić information content (AvgIpc) is 1.69. The molecule has 0 aliphatic heterocycles. The molecule has 0 atom stereocenters. The second kappa shape index (κ2) is 3.88. The van der Waals surface area contributed by atoms with Gasteiger partial charge in [0.05, 0.1) is 0 Å². The van der Waals surface area contributed by atoms with Gasteiger partial charge < -0.3 is 0 Å². The van der Waals surface area contributed by atoms with E-state index in [-0.39, 0.29) is 21.7 Å². The number of benzene rings is 1. The van der Waals surface area contributed by atoms with Crippen LogP contribution in [0.2, 0.25) is 0 Å². The topological polar surface area (TPSA) is 0 Å². The molecule has 8 heavy (non-hydrogen) atoms.